The van der Waals surface area contributed by atoms with Gasteiger partial charge in [-0.3, -0.25) is 4.79 Å². The maximum absolute atomic E-state index is 12.6. The van der Waals surface area contributed by atoms with Crippen molar-refractivity contribution >= 4 is 17.4 Å². The monoisotopic (exact) mass is 378 g/mol. The largest absolute Gasteiger partial charge is 0.416 e. The van der Waals surface area contributed by atoms with Crippen molar-refractivity contribution in [2.24, 2.45) is 0 Å². The minimum atomic E-state index is -4.41. The Balaban J connectivity index is 1.70. The number of amides is 1. The number of aryl methyl sites for hydroxylation is 1. The summed E-state index contributed by atoms with van der Waals surface area (Å²) in [5.74, 6) is 0.548. The lowest BCUT2D eigenvalue weighted by Crippen LogP contribution is -2.24. The van der Waals surface area contributed by atoms with E-state index in [9.17, 15) is 18.0 Å². The molecule has 2 aromatic rings. The molecule has 0 saturated heterocycles. The summed E-state index contributed by atoms with van der Waals surface area (Å²) in [6.45, 7) is 1.70. The van der Waals surface area contributed by atoms with Crippen molar-refractivity contribution in [3.63, 3.8) is 0 Å². The van der Waals surface area contributed by atoms with Crippen LogP contribution < -0.4 is 10.6 Å². The molecule has 1 amide bonds. The normalized spacial score (nSPS) is 15.4. The second-order valence-corrected chi connectivity index (χ2v) is 6.69. The third kappa shape index (κ3) is 5.18. The molecule has 1 aromatic heterocycles. The van der Waals surface area contributed by atoms with Crippen LogP contribution >= 0.6 is 0 Å². The number of rotatable bonds is 4. The van der Waals surface area contributed by atoms with Gasteiger partial charge < -0.3 is 10.6 Å². The summed E-state index contributed by atoms with van der Waals surface area (Å²) in [5.41, 5.74) is -0.330. The third-order valence-electron chi connectivity index (χ3n) is 4.50. The molecule has 0 atom stereocenters. The van der Waals surface area contributed by atoms with Crippen LogP contribution in [0.2, 0.25) is 0 Å². The first-order valence-corrected chi connectivity index (χ1v) is 8.92. The summed E-state index contributed by atoms with van der Waals surface area (Å²) in [5, 5.41) is 5.92. The maximum Gasteiger partial charge on any atom is 0.416 e. The number of hydrogen-bond donors (Lipinski definition) is 2. The summed E-state index contributed by atoms with van der Waals surface area (Å²) in [6.07, 6.45) is 1.30. The fourth-order valence-corrected chi connectivity index (χ4v) is 3.15. The predicted octanol–water partition coefficient (Wildman–Crippen LogP) is 4.80. The van der Waals surface area contributed by atoms with Crippen molar-refractivity contribution in [1.82, 2.24) is 9.97 Å². The van der Waals surface area contributed by atoms with Crippen LogP contribution in [0.15, 0.2) is 30.3 Å². The first-order valence-electron chi connectivity index (χ1n) is 8.92. The highest BCUT2D eigenvalue weighted by Crippen LogP contribution is 2.30. The molecule has 1 saturated carbocycles. The van der Waals surface area contributed by atoms with Gasteiger partial charge in [-0.15, -0.1) is 0 Å². The van der Waals surface area contributed by atoms with Crippen molar-refractivity contribution in [1.29, 1.82) is 0 Å². The van der Waals surface area contributed by atoms with E-state index in [1.807, 2.05) is 0 Å². The van der Waals surface area contributed by atoms with Crippen LogP contribution in [0.5, 0.6) is 0 Å². The minimum absolute atomic E-state index is 0.167. The van der Waals surface area contributed by atoms with Gasteiger partial charge in [0.25, 0.3) is 5.91 Å². The second kappa shape index (κ2) is 7.94. The van der Waals surface area contributed by atoms with Crippen molar-refractivity contribution in [2.75, 3.05) is 10.6 Å². The summed E-state index contributed by atoms with van der Waals surface area (Å²) >= 11 is 0. The standard InChI is InChI=1S/C19H21F3N4O/c1-12-23-16(11-17(24-12)25-14-5-3-2-4-6-14)18(27)26-15-9-7-13(8-10-15)19(20,21)22/h7-11,14H,2-6H2,1H3,(H,26,27)(H,23,24,25). The molecule has 1 fully saturated rings. The molecule has 0 bridgehead atoms. The first kappa shape index (κ1) is 19.1. The molecule has 0 aliphatic heterocycles. The quantitative estimate of drug-likeness (QED) is 0.802. The van der Waals surface area contributed by atoms with Gasteiger partial charge in [-0.25, -0.2) is 9.97 Å². The van der Waals surface area contributed by atoms with Crippen LogP contribution in [0.4, 0.5) is 24.7 Å². The molecule has 0 unspecified atom stereocenters. The Morgan fingerprint density at radius 2 is 1.74 bits per heavy atom. The van der Waals surface area contributed by atoms with Crippen molar-refractivity contribution in [3.05, 3.63) is 47.4 Å². The molecule has 5 nitrogen and oxygen atoms in total. The van der Waals surface area contributed by atoms with Gasteiger partial charge in [0.1, 0.15) is 17.3 Å². The van der Waals surface area contributed by atoms with Crippen LogP contribution in [-0.2, 0) is 6.18 Å². The number of benzene rings is 1. The van der Waals surface area contributed by atoms with E-state index in [1.165, 1.54) is 31.4 Å². The fraction of sp³-hybridized carbons (Fsp3) is 0.421. The summed E-state index contributed by atoms with van der Waals surface area (Å²) < 4.78 is 37.9. The zero-order valence-electron chi connectivity index (χ0n) is 14.9. The van der Waals surface area contributed by atoms with E-state index >= 15 is 0 Å². The maximum atomic E-state index is 12.6. The zero-order valence-corrected chi connectivity index (χ0v) is 14.9. The first-order chi connectivity index (χ1) is 12.8. The van der Waals surface area contributed by atoms with E-state index < -0.39 is 17.6 Å². The Bertz CT molecular complexity index is 800. The zero-order chi connectivity index (χ0) is 19.4. The number of halogens is 3. The number of carbonyl (C=O) groups is 1. The number of hydrogen-bond acceptors (Lipinski definition) is 4. The minimum Gasteiger partial charge on any atom is -0.367 e. The van der Waals surface area contributed by atoms with Gasteiger partial charge >= 0.3 is 6.18 Å². The smallest absolute Gasteiger partial charge is 0.367 e. The van der Waals surface area contributed by atoms with E-state index in [0.717, 1.165) is 25.0 Å². The fourth-order valence-electron chi connectivity index (χ4n) is 3.15. The Kier molecular flexibility index (Phi) is 5.62. The van der Waals surface area contributed by atoms with Crippen LogP contribution in [-0.4, -0.2) is 21.9 Å². The molecule has 8 heteroatoms. The van der Waals surface area contributed by atoms with Gasteiger partial charge in [-0.1, -0.05) is 19.3 Å². The van der Waals surface area contributed by atoms with Crippen LogP contribution in [0, 0.1) is 6.92 Å². The highest BCUT2D eigenvalue weighted by atomic mass is 19.4. The number of nitrogens with one attached hydrogen (secondary N) is 2. The van der Waals surface area contributed by atoms with Crippen LogP contribution in [0.1, 0.15) is 54.0 Å². The molecule has 1 aliphatic rings. The number of anilines is 2. The number of nitrogens with zero attached hydrogens (tertiary/aromatic N) is 2. The average Bonchev–Trinajstić information content (AvgIpc) is 2.62. The van der Waals surface area contributed by atoms with Gasteiger partial charge in [-0.05, 0) is 44.0 Å². The van der Waals surface area contributed by atoms with E-state index in [0.29, 0.717) is 17.7 Å². The second-order valence-electron chi connectivity index (χ2n) is 6.69. The molecule has 3 rings (SSSR count). The summed E-state index contributed by atoms with van der Waals surface area (Å²) in [6, 6.07) is 6.19. The number of aromatic nitrogens is 2. The molecule has 0 spiro atoms. The van der Waals surface area contributed by atoms with Crippen molar-refractivity contribution in [2.45, 2.75) is 51.2 Å². The molecular weight excluding hydrogens is 357 g/mol. The van der Waals surface area contributed by atoms with Gasteiger partial charge in [-0.2, -0.15) is 13.2 Å². The van der Waals surface area contributed by atoms with Crippen molar-refractivity contribution < 1.29 is 18.0 Å². The van der Waals surface area contributed by atoms with Crippen LogP contribution in [0.3, 0.4) is 0 Å². The summed E-state index contributed by atoms with van der Waals surface area (Å²) in [7, 11) is 0. The highest BCUT2D eigenvalue weighted by molar-refractivity contribution is 6.03. The Morgan fingerprint density at radius 3 is 2.37 bits per heavy atom. The molecular formula is C19H21F3N4O. The molecule has 1 aliphatic carbocycles. The topological polar surface area (TPSA) is 66.9 Å². The predicted molar refractivity (Wildman–Crippen MR) is 96.7 cm³/mol. The van der Waals surface area contributed by atoms with Gasteiger partial charge in [0.2, 0.25) is 0 Å². The van der Waals surface area contributed by atoms with Gasteiger partial charge in [0, 0.05) is 17.8 Å². The third-order valence-corrected chi connectivity index (χ3v) is 4.50. The van der Waals surface area contributed by atoms with Crippen LogP contribution in [0.25, 0.3) is 0 Å². The Morgan fingerprint density at radius 1 is 1.07 bits per heavy atom. The highest BCUT2D eigenvalue weighted by Gasteiger charge is 2.30. The van der Waals surface area contributed by atoms with E-state index in [2.05, 4.69) is 20.6 Å². The van der Waals surface area contributed by atoms with E-state index in [-0.39, 0.29) is 11.4 Å². The lowest BCUT2D eigenvalue weighted by Gasteiger charge is -2.23. The lowest BCUT2D eigenvalue weighted by atomic mass is 9.95. The Labute approximate surface area is 155 Å². The molecule has 144 valence electrons. The molecule has 0 radical (unpaired) electrons. The van der Waals surface area contributed by atoms with Gasteiger partial charge in [0.15, 0.2) is 0 Å². The molecule has 1 heterocycles. The number of alkyl halides is 3. The van der Waals surface area contributed by atoms with E-state index in [1.54, 1.807) is 13.0 Å². The Hall–Kier alpha value is -2.64. The molecule has 2 N–H and O–H groups in total. The SMILES string of the molecule is Cc1nc(NC2CCCCC2)cc(C(=O)Nc2ccc(C(F)(F)F)cc2)n1. The average molecular weight is 378 g/mol. The number of carbonyl (C=O) groups excluding carboxylic acids is 1. The summed E-state index contributed by atoms with van der Waals surface area (Å²) in [4.78, 5) is 20.9. The lowest BCUT2D eigenvalue weighted by molar-refractivity contribution is -0.137. The van der Waals surface area contributed by atoms with Crippen molar-refractivity contribution in [3.8, 4) is 0 Å². The van der Waals surface area contributed by atoms with E-state index in [4.69, 9.17) is 0 Å². The molecule has 1 aromatic carbocycles. The molecule has 27 heavy (non-hydrogen) atoms. The van der Waals surface area contributed by atoms with Gasteiger partial charge in [0.05, 0.1) is 5.56 Å².